The average molecular weight is 256 g/mol. The SMILES string of the molecule is CCn1cc(CC(O)c2cccc(C3CC3)c2)cn1. The van der Waals surface area contributed by atoms with Crippen LogP contribution in [0.15, 0.2) is 36.7 Å². The molecule has 1 heterocycles. The summed E-state index contributed by atoms with van der Waals surface area (Å²) in [5, 5.41) is 14.6. The van der Waals surface area contributed by atoms with E-state index in [2.05, 4.69) is 30.2 Å². The van der Waals surface area contributed by atoms with Gasteiger partial charge in [0.1, 0.15) is 0 Å². The molecule has 0 aliphatic heterocycles. The highest BCUT2D eigenvalue weighted by Gasteiger charge is 2.24. The number of nitrogens with zero attached hydrogens (tertiary/aromatic N) is 2. The number of aliphatic hydroxyl groups excluding tert-OH is 1. The minimum atomic E-state index is -0.437. The maximum Gasteiger partial charge on any atom is 0.0831 e. The minimum Gasteiger partial charge on any atom is -0.388 e. The molecule has 1 N–H and O–H groups in total. The van der Waals surface area contributed by atoms with Crippen molar-refractivity contribution in [2.45, 2.75) is 44.8 Å². The molecule has 0 amide bonds. The Morgan fingerprint density at radius 3 is 2.95 bits per heavy atom. The van der Waals surface area contributed by atoms with Crippen molar-refractivity contribution in [2.75, 3.05) is 0 Å². The van der Waals surface area contributed by atoms with Gasteiger partial charge in [0.05, 0.1) is 12.3 Å². The predicted octanol–water partition coefficient (Wildman–Crippen LogP) is 3.06. The fraction of sp³-hybridized carbons (Fsp3) is 0.438. The van der Waals surface area contributed by atoms with Crippen LogP contribution in [0.3, 0.4) is 0 Å². The normalized spacial score (nSPS) is 16.5. The van der Waals surface area contributed by atoms with Gasteiger partial charge >= 0.3 is 0 Å². The average Bonchev–Trinajstić information content (AvgIpc) is 3.20. The molecule has 3 rings (SSSR count). The molecule has 1 atom stereocenters. The summed E-state index contributed by atoms with van der Waals surface area (Å²) in [6.45, 7) is 2.93. The maximum atomic E-state index is 10.3. The lowest BCUT2D eigenvalue weighted by Gasteiger charge is -2.11. The number of hydrogen-bond acceptors (Lipinski definition) is 2. The van der Waals surface area contributed by atoms with Crippen LogP contribution >= 0.6 is 0 Å². The van der Waals surface area contributed by atoms with Gasteiger partial charge < -0.3 is 5.11 Å². The van der Waals surface area contributed by atoms with E-state index in [1.807, 2.05) is 23.1 Å². The lowest BCUT2D eigenvalue weighted by Crippen LogP contribution is -2.02. The fourth-order valence-corrected chi connectivity index (χ4v) is 2.46. The van der Waals surface area contributed by atoms with Gasteiger partial charge in [-0.15, -0.1) is 0 Å². The van der Waals surface area contributed by atoms with Crippen LogP contribution < -0.4 is 0 Å². The van der Waals surface area contributed by atoms with Gasteiger partial charge in [0, 0.05) is 19.2 Å². The zero-order valence-corrected chi connectivity index (χ0v) is 11.3. The molecule has 1 aromatic heterocycles. The monoisotopic (exact) mass is 256 g/mol. The second kappa shape index (κ2) is 5.17. The molecule has 0 radical (unpaired) electrons. The number of aliphatic hydroxyl groups is 1. The van der Waals surface area contributed by atoms with Crippen LogP contribution in [-0.2, 0) is 13.0 Å². The summed E-state index contributed by atoms with van der Waals surface area (Å²) in [5.74, 6) is 0.731. The minimum absolute atomic E-state index is 0.437. The highest BCUT2D eigenvalue weighted by atomic mass is 16.3. The van der Waals surface area contributed by atoms with Crippen LogP contribution in [0.4, 0.5) is 0 Å². The lowest BCUT2D eigenvalue weighted by molar-refractivity contribution is 0.178. The molecular formula is C16H20N2O. The number of aromatic nitrogens is 2. The largest absolute Gasteiger partial charge is 0.388 e. The first-order chi connectivity index (χ1) is 9.26. The third-order valence-electron chi connectivity index (χ3n) is 3.78. The van der Waals surface area contributed by atoms with Crippen molar-refractivity contribution in [1.82, 2.24) is 9.78 Å². The Hall–Kier alpha value is -1.61. The third-order valence-corrected chi connectivity index (χ3v) is 3.78. The van der Waals surface area contributed by atoms with Crippen LogP contribution in [0.2, 0.25) is 0 Å². The topological polar surface area (TPSA) is 38.0 Å². The van der Waals surface area contributed by atoms with Gasteiger partial charge in [-0.3, -0.25) is 4.68 Å². The molecule has 19 heavy (non-hydrogen) atoms. The van der Waals surface area contributed by atoms with Gasteiger partial charge in [-0.05, 0) is 42.4 Å². The molecule has 2 aromatic rings. The quantitative estimate of drug-likeness (QED) is 0.893. The first-order valence-corrected chi connectivity index (χ1v) is 7.05. The second-order valence-electron chi connectivity index (χ2n) is 5.37. The first-order valence-electron chi connectivity index (χ1n) is 7.05. The number of aryl methyl sites for hydroxylation is 1. The van der Waals surface area contributed by atoms with E-state index in [9.17, 15) is 5.11 Å². The van der Waals surface area contributed by atoms with Crippen molar-refractivity contribution >= 4 is 0 Å². The molecule has 3 heteroatoms. The van der Waals surface area contributed by atoms with Crippen LogP contribution in [0.1, 0.15) is 48.5 Å². The van der Waals surface area contributed by atoms with Crippen LogP contribution in [0, 0.1) is 0 Å². The highest BCUT2D eigenvalue weighted by Crippen LogP contribution is 2.40. The van der Waals surface area contributed by atoms with Crippen molar-refractivity contribution in [3.63, 3.8) is 0 Å². The van der Waals surface area contributed by atoms with Crippen molar-refractivity contribution in [3.05, 3.63) is 53.3 Å². The van der Waals surface area contributed by atoms with E-state index in [-0.39, 0.29) is 0 Å². The summed E-state index contributed by atoms with van der Waals surface area (Å²) < 4.78 is 1.89. The summed E-state index contributed by atoms with van der Waals surface area (Å²) in [4.78, 5) is 0. The Morgan fingerprint density at radius 2 is 2.26 bits per heavy atom. The predicted molar refractivity (Wildman–Crippen MR) is 75.0 cm³/mol. The lowest BCUT2D eigenvalue weighted by atomic mass is 10.00. The summed E-state index contributed by atoms with van der Waals surface area (Å²) in [7, 11) is 0. The molecule has 0 bridgehead atoms. The van der Waals surface area contributed by atoms with E-state index in [0.717, 1.165) is 23.6 Å². The van der Waals surface area contributed by atoms with Crippen LogP contribution in [0.5, 0.6) is 0 Å². The molecule has 1 saturated carbocycles. The van der Waals surface area contributed by atoms with Crippen molar-refractivity contribution in [1.29, 1.82) is 0 Å². The van der Waals surface area contributed by atoms with Gasteiger partial charge in [-0.1, -0.05) is 24.3 Å². The number of benzene rings is 1. The van der Waals surface area contributed by atoms with Crippen molar-refractivity contribution in [3.8, 4) is 0 Å². The molecule has 1 unspecified atom stereocenters. The van der Waals surface area contributed by atoms with Crippen molar-refractivity contribution in [2.24, 2.45) is 0 Å². The molecule has 100 valence electrons. The van der Waals surface area contributed by atoms with Gasteiger partial charge in [-0.25, -0.2) is 0 Å². The molecule has 1 aliphatic carbocycles. The molecule has 1 fully saturated rings. The van der Waals surface area contributed by atoms with E-state index >= 15 is 0 Å². The van der Waals surface area contributed by atoms with E-state index < -0.39 is 6.10 Å². The summed E-state index contributed by atoms with van der Waals surface area (Å²) in [5.41, 5.74) is 3.49. The van der Waals surface area contributed by atoms with Crippen LogP contribution in [-0.4, -0.2) is 14.9 Å². The highest BCUT2D eigenvalue weighted by molar-refractivity contribution is 5.31. The molecule has 0 saturated heterocycles. The van der Waals surface area contributed by atoms with E-state index in [4.69, 9.17) is 0 Å². The van der Waals surface area contributed by atoms with E-state index in [1.54, 1.807) is 0 Å². The molecule has 3 nitrogen and oxygen atoms in total. The van der Waals surface area contributed by atoms with E-state index in [1.165, 1.54) is 18.4 Å². The van der Waals surface area contributed by atoms with Gasteiger partial charge in [0.25, 0.3) is 0 Å². The number of hydrogen-bond donors (Lipinski definition) is 1. The fourth-order valence-electron chi connectivity index (χ4n) is 2.46. The zero-order valence-electron chi connectivity index (χ0n) is 11.3. The second-order valence-corrected chi connectivity index (χ2v) is 5.37. The summed E-state index contributed by atoms with van der Waals surface area (Å²) in [6, 6.07) is 8.40. The Morgan fingerprint density at radius 1 is 1.42 bits per heavy atom. The maximum absolute atomic E-state index is 10.3. The standard InChI is InChI=1S/C16H20N2O/c1-2-18-11-12(10-17-18)8-16(19)15-5-3-4-14(9-15)13-6-7-13/h3-5,9-11,13,16,19H,2,6-8H2,1H3. The zero-order chi connectivity index (χ0) is 13.2. The first kappa shape index (κ1) is 12.4. The van der Waals surface area contributed by atoms with Crippen molar-refractivity contribution < 1.29 is 5.11 Å². The molecular weight excluding hydrogens is 236 g/mol. The number of rotatable bonds is 5. The van der Waals surface area contributed by atoms with Gasteiger partial charge in [0.2, 0.25) is 0 Å². The third kappa shape index (κ3) is 2.87. The van der Waals surface area contributed by atoms with Gasteiger partial charge in [-0.2, -0.15) is 5.10 Å². The molecule has 0 spiro atoms. The Bertz CT molecular complexity index is 557. The molecule has 1 aromatic carbocycles. The molecule has 1 aliphatic rings. The Balaban J connectivity index is 1.72. The smallest absolute Gasteiger partial charge is 0.0831 e. The van der Waals surface area contributed by atoms with Gasteiger partial charge in [0.15, 0.2) is 0 Å². The summed E-state index contributed by atoms with van der Waals surface area (Å²) in [6.07, 6.45) is 6.64. The van der Waals surface area contributed by atoms with E-state index in [0.29, 0.717) is 6.42 Å². The Kier molecular flexibility index (Phi) is 3.38. The van der Waals surface area contributed by atoms with Crippen LogP contribution in [0.25, 0.3) is 0 Å². The Labute approximate surface area is 113 Å². The summed E-state index contributed by atoms with van der Waals surface area (Å²) >= 11 is 0.